The number of imidazole rings is 2. The molecule has 0 atom stereocenters. The van der Waals surface area contributed by atoms with Gasteiger partial charge in [0.15, 0.2) is 0 Å². The van der Waals surface area contributed by atoms with Gasteiger partial charge >= 0.3 is 25.0 Å². The number of aryl methyl sites for hydroxylation is 2. The van der Waals surface area contributed by atoms with Gasteiger partial charge in [-0.05, 0) is 187 Å². The van der Waals surface area contributed by atoms with E-state index in [0.717, 1.165) is 58.7 Å². The van der Waals surface area contributed by atoms with Crippen molar-refractivity contribution >= 4 is 84.4 Å². The van der Waals surface area contributed by atoms with Crippen molar-refractivity contribution in [1.82, 2.24) is 19.1 Å². The van der Waals surface area contributed by atoms with E-state index in [4.69, 9.17) is 23.5 Å². The number of carbonyl (C=O) groups excluding carboxylic acids is 3. The van der Waals surface area contributed by atoms with Crippen LogP contribution in [0, 0.1) is 0 Å². The fourth-order valence-electron chi connectivity index (χ4n) is 7.26. The highest BCUT2D eigenvalue weighted by Crippen LogP contribution is 2.37. The molecule has 8 rings (SSSR count). The van der Waals surface area contributed by atoms with Gasteiger partial charge in [-0.2, -0.15) is 0 Å². The summed E-state index contributed by atoms with van der Waals surface area (Å²) in [6, 6.07) is 30.1. The van der Waals surface area contributed by atoms with Gasteiger partial charge in [0.25, 0.3) is 0 Å². The fraction of sp³-hybridized carbons (Fsp3) is 0.364. The molecular weight excluding hydrogens is 1020 g/mol. The average Bonchev–Trinajstić information content (AvgIpc) is 3.92. The Morgan fingerprint density at radius 2 is 0.857 bits per heavy atom. The molecular formula is C55H63BBr2N4O8. The first-order valence-electron chi connectivity index (χ1n) is 23.0. The number of aromatic nitrogens is 4. The van der Waals surface area contributed by atoms with E-state index in [1.54, 1.807) is 49.1 Å². The quantitative estimate of drug-likeness (QED) is 0.0900. The smallest absolute Gasteiger partial charge is 0.456 e. The van der Waals surface area contributed by atoms with Crippen LogP contribution < -0.4 is 5.46 Å². The highest BCUT2D eigenvalue weighted by atomic mass is 79.9. The molecule has 1 saturated heterocycles. The fourth-order valence-corrected chi connectivity index (χ4v) is 8.29. The molecule has 0 spiro atoms. The van der Waals surface area contributed by atoms with Crippen molar-refractivity contribution in [1.29, 1.82) is 0 Å². The number of hydrogen-bond acceptors (Lipinski definition) is 10. The molecule has 2 aromatic heterocycles. The second kappa shape index (κ2) is 20.6. The van der Waals surface area contributed by atoms with Crippen molar-refractivity contribution in [2.45, 2.75) is 118 Å². The molecule has 0 N–H and O–H groups in total. The number of halogens is 2. The lowest BCUT2D eigenvalue weighted by molar-refractivity contribution is 0.00570. The first kappa shape index (κ1) is 53.7. The van der Waals surface area contributed by atoms with Crippen molar-refractivity contribution in [2.75, 3.05) is 0 Å². The van der Waals surface area contributed by atoms with Crippen LogP contribution in [0.5, 0.6) is 0 Å². The van der Waals surface area contributed by atoms with Crippen LogP contribution in [0.4, 0.5) is 0 Å². The number of nitrogens with zero attached hydrogens (tertiary/aromatic N) is 4. The molecule has 7 aromatic rings. The third-order valence-electron chi connectivity index (χ3n) is 11.4. The maximum absolute atomic E-state index is 12.4. The SMILES string of the molecule is CC(C)(C)OC(=O)c1ccc(B2OC(C)(C)C(C)(C)O2)cc1.Cn1cnc2c(-c3ccc(C(=O)OC(C)(C)C)cc3)ccc(-c3ccc(C(=O)OC(C)(C)C)cc3)c21.Cn1cnc2c(Br)ccc(Br)c21. The zero-order chi connectivity index (χ0) is 51.7. The summed E-state index contributed by atoms with van der Waals surface area (Å²) in [6.45, 7) is 24.7. The van der Waals surface area contributed by atoms with Crippen LogP contribution in [-0.2, 0) is 37.6 Å². The Morgan fingerprint density at radius 1 is 0.500 bits per heavy atom. The van der Waals surface area contributed by atoms with E-state index >= 15 is 0 Å². The van der Waals surface area contributed by atoms with Crippen molar-refractivity contribution in [3.8, 4) is 22.3 Å². The van der Waals surface area contributed by atoms with Crippen molar-refractivity contribution in [2.24, 2.45) is 14.1 Å². The number of fused-ring (bicyclic) bond motifs is 2. The lowest BCUT2D eigenvalue weighted by Crippen LogP contribution is -2.41. The molecule has 368 valence electrons. The van der Waals surface area contributed by atoms with Crippen molar-refractivity contribution < 1.29 is 37.9 Å². The van der Waals surface area contributed by atoms with Crippen LogP contribution in [0.3, 0.4) is 0 Å². The largest absolute Gasteiger partial charge is 0.494 e. The Balaban J connectivity index is 0.000000198. The lowest BCUT2D eigenvalue weighted by Gasteiger charge is -2.32. The molecule has 3 heterocycles. The predicted octanol–water partition coefficient (Wildman–Crippen LogP) is 12.9. The lowest BCUT2D eigenvalue weighted by atomic mass is 9.79. The van der Waals surface area contributed by atoms with Crippen molar-refractivity contribution in [3.05, 3.63) is 135 Å². The summed E-state index contributed by atoms with van der Waals surface area (Å²) in [7, 11) is 3.52. The second-order valence-electron chi connectivity index (χ2n) is 21.2. The molecule has 0 aliphatic carbocycles. The third-order valence-corrected chi connectivity index (χ3v) is 12.6. The van der Waals surface area contributed by atoms with E-state index in [1.807, 2.05) is 168 Å². The molecule has 1 aliphatic rings. The number of ether oxygens (including phenoxy) is 3. The van der Waals surface area contributed by atoms with Gasteiger partial charge in [0.1, 0.15) is 22.3 Å². The summed E-state index contributed by atoms with van der Waals surface area (Å²) in [6.07, 6.45) is 3.60. The molecule has 15 heteroatoms. The molecule has 0 radical (unpaired) electrons. The van der Waals surface area contributed by atoms with Gasteiger partial charge in [-0.3, -0.25) is 0 Å². The maximum atomic E-state index is 12.4. The monoisotopic (exact) mass is 1080 g/mol. The van der Waals surface area contributed by atoms with E-state index in [0.29, 0.717) is 16.7 Å². The highest BCUT2D eigenvalue weighted by Gasteiger charge is 2.51. The number of rotatable bonds is 6. The molecule has 12 nitrogen and oxygen atoms in total. The minimum absolute atomic E-state index is 0.326. The third kappa shape index (κ3) is 13.0. The van der Waals surface area contributed by atoms with Crippen LogP contribution >= 0.6 is 31.9 Å². The summed E-state index contributed by atoms with van der Waals surface area (Å²) >= 11 is 6.93. The van der Waals surface area contributed by atoms with E-state index in [-0.39, 0.29) is 29.1 Å². The van der Waals surface area contributed by atoms with E-state index < -0.39 is 23.9 Å². The molecule has 5 aromatic carbocycles. The number of esters is 3. The number of carbonyl (C=O) groups is 3. The number of hydrogen-bond donors (Lipinski definition) is 0. The van der Waals surface area contributed by atoms with Gasteiger partial charge in [0.2, 0.25) is 0 Å². The topological polar surface area (TPSA) is 133 Å². The van der Waals surface area contributed by atoms with Gasteiger partial charge in [0.05, 0.1) is 57.1 Å². The standard InChI is InChI=1S/C30H32N2O4.C17H25BO4.C8H6Br2N2/c1-29(2,3)35-27(33)21-12-8-19(9-13-21)23-16-17-24(26-25(23)31-18-32(26)7)20-10-14-22(15-11-20)28(34)36-30(4,5)6;1-15(2,3)20-14(19)12-8-10-13(11-9-12)18-21-16(4,5)17(6,7)22-18;1-12-4-11-7-5(9)2-3-6(10)8(7)12/h8-18H,1-7H3;8-11H,1-7H3;2-4H,1H3. The van der Waals surface area contributed by atoms with Crippen LogP contribution in [0.2, 0.25) is 0 Å². The Bertz CT molecular complexity index is 3000. The number of benzene rings is 5. The van der Waals surface area contributed by atoms with Gasteiger partial charge in [-0.25, -0.2) is 24.4 Å². The minimum Gasteiger partial charge on any atom is -0.456 e. The zero-order valence-corrected chi connectivity index (χ0v) is 46.0. The average molecular weight is 1080 g/mol. The van der Waals surface area contributed by atoms with Gasteiger partial charge in [-0.1, -0.05) is 48.5 Å². The molecule has 0 unspecified atom stereocenters. The zero-order valence-electron chi connectivity index (χ0n) is 42.8. The second-order valence-corrected chi connectivity index (χ2v) is 22.9. The normalized spacial score (nSPS) is 14.3. The first-order chi connectivity index (χ1) is 32.4. The van der Waals surface area contributed by atoms with Crippen LogP contribution in [0.15, 0.2) is 119 Å². The maximum Gasteiger partial charge on any atom is 0.494 e. The summed E-state index contributed by atoms with van der Waals surface area (Å²) in [5.74, 6) is -1.01. The van der Waals surface area contributed by atoms with Gasteiger partial charge in [-0.15, -0.1) is 0 Å². The summed E-state index contributed by atoms with van der Waals surface area (Å²) in [5.41, 5.74) is 7.95. The summed E-state index contributed by atoms with van der Waals surface area (Å²) in [5, 5.41) is 0. The Morgan fingerprint density at radius 3 is 1.27 bits per heavy atom. The van der Waals surface area contributed by atoms with Crippen LogP contribution in [-0.4, -0.2) is 72.1 Å². The van der Waals surface area contributed by atoms with Crippen LogP contribution in [0.1, 0.15) is 121 Å². The summed E-state index contributed by atoms with van der Waals surface area (Å²) < 4.78 is 34.4. The van der Waals surface area contributed by atoms with Gasteiger partial charge in [0, 0.05) is 34.2 Å². The Hall–Kier alpha value is -5.61. The molecule has 1 aliphatic heterocycles. The predicted molar refractivity (Wildman–Crippen MR) is 285 cm³/mol. The van der Waals surface area contributed by atoms with E-state index in [2.05, 4.69) is 47.9 Å². The molecule has 1 fully saturated rings. The van der Waals surface area contributed by atoms with E-state index in [1.165, 1.54) is 0 Å². The molecule has 70 heavy (non-hydrogen) atoms. The Kier molecular flexibility index (Phi) is 15.8. The molecule has 0 amide bonds. The van der Waals surface area contributed by atoms with Gasteiger partial charge < -0.3 is 32.7 Å². The Labute approximate surface area is 428 Å². The highest BCUT2D eigenvalue weighted by molar-refractivity contribution is 9.11. The first-order valence-corrected chi connectivity index (χ1v) is 24.6. The van der Waals surface area contributed by atoms with Crippen LogP contribution in [0.25, 0.3) is 44.3 Å². The molecule has 0 saturated carbocycles. The minimum atomic E-state index is -0.545. The summed E-state index contributed by atoms with van der Waals surface area (Å²) in [4.78, 5) is 45.7. The molecule has 0 bridgehead atoms. The van der Waals surface area contributed by atoms with Crippen molar-refractivity contribution in [3.63, 3.8) is 0 Å². The van der Waals surface area contributed by atoms with E-state index in [9.17, 15) is 14.4 Å².